The van der Waals surface area contributed by atoms with Gasteiger partial charge in [0.15, 0.2) is 18.1 Å². The van der Waals surface area contributed by atoms with E-state index in [0.29, 0.717) is 33.7 Å². The van der Waals surface area contributed by atoms with Crippen molar-refractivity contribution in [1.82, 2.24) is 10.6 Å². The Morgan fingerprint density at radius 1 is 0.969 bits per heavy atom. The maximum absolute atomic E-state index is 12.2. The van der Waals surface area contributed by atoms with Crippen LogP contribution in [0.3, 0.4) is 0 Å². The van der Waals surface area contributed by atoms with Gasteiger partial charge >= 0.3 is 6.03 Å². The normalized spacial score (nSPS) is 13.2. The van der Waals surface area contributed by atoms with Crippen LogP contribution in [0.25, 0.3) is 6.08 Å². The molecule has 1 saturated heterocycles. The van der Waals surface area contributed by atoms with E-state index in [1.54, 1.807) is 31.2 Å². The van der Waals surface area contributed by atoms with E-state index >= 15 is 0 Å². The van der Waals surface area contributed by atoms with E-state index in [2.05, 4.69) is 5.32 Å². The Labute approximate surface area is 192 Å². The number of rotatable bonds is 7. The maximum atomic E-state index is 12.2. The number of barbiturate groups is 1. The van der Waals surface area contributed by atoms with E-state index < -0.39 is 23.8 Å². The molecule has 3 rings (SSSR count). The third-order valence-corrected chi connectivity index (χ3v) is 4.82. The molecule has 1 heterocycles. The molecule has 0 aliphatic carbocycles. The highest BCUT2D eigenvalue weighted by Gasteiger charge is 2.27. The molecule has 9 nitrogen and oxygen atoms in total. The second-order valence-electron chi connectivity index (χ2n) is 6.40. The zero-order valence-corrected chi connectivity index (χ0v) is 18.2. The van der Waals surface area contributed by atoms with E-state index in [-0.39, 0.29) is 17.9 Å². The minimum absolute atomic E-state index is 0.235. The monoisotopic (exact) mass is 477 g/mol. The van der Waals surface area contributed by atoms with Crippen LogP contribution in [0.15, 0.2) is 42.0 Å². The highest BCUT2D eigenvalue weighted by Crippen LogP contribution is 2.30. The van der Waals surface area contributed by atoms with Gasteiger partial charge in [-0.1, -0.05) is 29.3 Å². The largest absolute Gasteiger partial charge is 0.490 e. The quantitative estimate of drug-likeness (QED) is 0.415. The van der Waals surface area contributed by atoms with Crippen LogP contribution in [0, 0.1) is 0 Å². The molecule has 0 unspecified atom stereocenters. The average molecular weight is 478 g/mol. The van der Waals surface area contributed by atoms with Crippen molar-refractivity contribution < 1.29 is 28.7 Å². The number of carbonyl (C=O) groups excluding carboxylic acids is 4. The van der Waals surface area contributed by atoms with Gasteiger partial charge in [0.2, 0.25) is 0 Å². The van der Waals surface area contributed by atoms with E-state index in [0.717, 1.165) is 0 Å². The Balaban J connectivity index is 1.71. The molecular weight excluding hydrogens is 461 g/mol. The fourth-order valence-corrected chi connectivity index (χ4v) is 2.99. The van der Waals surface area contributed by atoms with Crippen LogP contribution in [0.2, 0.25) is 10.0 Å². The number of anilines is 1. The summed E-state index contributed by atoms with van der Waals surface area (Å²) in [6, 6.07) is 8.44. The first-order valence-electron chi connectivity index (χ1n) is 9.29. The number of benzene rings is 2. The van der Waals surface area contributed by atoms with E-state index in [9.17, 15) is 19.2 Å². The van der Waals surface area contributed by atoms with Gasteiger partial charge in [0.05, 0.1) is 16.7 Å². The first kappa shape index (κ1) is 23.1. The lowest BCUT2D eigenvalue weighted by molar-refractivity contribution is -0.124. The summed E-state index contributed by atoms with van der Waals surface area (Å²) in [4.78, 5) is 47.1. The van der Waals surface area contributed by atoms with Gasteiger partial charge in [0, 0.05) is 5.69 Å². The summed E-state index contributed by atoms with van der Waals surface area (Å²) in [5.41, 5.74) is 0.681. The number of imide groups is 2. The SMILES string of the molecule is CCOc1cc(C=C2C(=O)NC(=O)NC2=O)ccc1OCC(=O)Nc1ccc(Cl)c(Cl)c1. The number of urea groups is 1. The summed E-state index contributed by atoms with van der Waals surface area (Å²) < 4.78 is 11.1. The number of carbonyl (C=O) groups is 4. The van der Waals surface area contributed by atoms with Crippen molar-refractivity contribution in [3.05, 3.63) is 57.6 Å². The number of nitrogens with one attached hydrogen (secondary N) is 3. The average Bonchev–Trinajstić information content (AvgIpc) is 2.73. The zero-order chi connectivity index (χ0) is 23.3. The molecule has 1 fully saturated rings. The van der Waals surface area contributed by atoms with Crippen molar-refractivity contribution in [2.24, 2.45) is 0 Å². The molecule has 1 aliphatic rings. The van der Waals surface area contributed by atoms with Crippen molar-refractivity contribution in [3.63, 3.8) is 0 Å². The van der Waals surface area contributed by atoms with Gasteiger partial charge < -0.3 is 14.8 Å². The Bertz CT molecular complexity index is 1110. The summed E-state index contributed by atoms with van der Waals surface area (Å²) >= 11 is 11.8. The molecule has 32 heavy (non-hydrogen) atoms. The second-order valence-corrected chi connectivity index (χ2v) is 7.21. The predicted molar refractivity (Wildman–Crippen MR) is 118 cm³/mol. The van der Waals surface area contributed by atoms with Crippen molar-refractivity contribution in [2.45, 2.75) is 6.92 Å². The molecule has 0 radical (unpaired) electrons. The van der Waals surface area contributed by atoms with E-state index in [1.165, 1.54) is 18.2 Å². The Morgan fingerprint density at radius 2 is 1.69 bits per heavy atom. The van der Waals surface area contributed by atoms with Crippen LogP contribution in [0.1, 0.15) is 12.5 Å². The first-order valence-corrected chi connectivity index (χ1v) is 10.1. The van der Waals surface area contributed by atoms with Gasteiger partial charge in [-0.25, -0.2) is 4.79 Å². The standard InChI is InChI=1S/C21H17Cl2N3O6/c1-2-31-17-8-11(7-13-19(28)25-21(30)26-20(13)29)3-6-16(17)32-10-18(27)24-12-4-5-14(22)15(23)9-12/h3-9H,2,10H2,1H3,(H,24,27)(H2,25,26,28,29,30). The van der Waals surface area contributed by atoms with E-state index in [4.69, 9.17) is 32.7 Å². The van der Waals surface area contributed by atoms with Crippen molar-refractivity contribution in [3.8, 4) is 11.5 Å². The maximum Gasteiger partial charge on any atom is 0.328 e. The molecule has 2 aromatic rings. The van der Waals surface area contributed by atoms with Crippen molar-refractivity contribution >= 4 is 58.7 Å². The minimum atomic E-state index is -0.880. The summed E-state index contributed by atoms with van der Waals surface area (Å²) in [5.74, 6) is -1.47. The molecule has 166 valence electrons. The Kier molecular flexibility index (Phi) is 7.34. The number of hydrogen-bond donors (Lipinski definition) is 3. The summed E-state index contributed by atoms with van der Waals surface area (Å²) in [7, 11) is 0. The van der Waals surface area contributed by atoms with Crippen LogP contribution >= 0.6 is 23.2 Å². The Hall–Kier alpha value is -3.56. The van der Waals surface area contributed by atoms with E-state index in [1.807, 2.05) is 10.6 Å². The molecule has 0 aromatic heterocycles. The first-order chi connectivity index (χ1) is 15.3. The molecular formula is C21H17Cl2N3O6. The number of halogens is 2. The smallest absolute Gasteiger partial charge is 0.328 e. The van der Waals surface area contributed by atoms with Crippen LogP contribution in [-0.2, 0) is 14.4 Å². The summed E-state index contributed by atoms with van der Waals surface area (Å²) in [6.45, 7) is 1.76. The molecule has 11 heteroatoms. The Morgan fingerprint density at radius 3 is 2.34 bits per heavy atom. The second kappa shape index (κ2) is 10.2. The van der Waals surface area contributed by atoms with Gasteiger partial charge in [-0.2, -0.15) is 0 Å². The van der Waals surface area contributed by atoms with Crippen LogP contribution in [-0.4, -0.2) is 37.0 Å². The summed E-state index contributed by atoms with van der Waals surface area (Å²) in [6.07, 6.45) is 1.31. The van der Waals surface area contributed by atoms with Gasteiger partial charge in [0.1, 0.15) is 5.57 Å². The molecule has 0 spiro atoms. The van der Waals surface area contributed by atoms with Crippen LogP contribution in [0.5, 0.6) is 11.5 Å². The summed E-state index contributed by atoms with van der Waals surface area (Å²) in [5, 5.41) is 7.30. The molecule has 2 aromatic carbocycles. The predicted octanol–water partition coefficient (Wildman–Crippen LogP) is 3.16. The molecule has 5 amide bonds. The molecule has 0 atom stereocenters. The third kappa shape index (κ3) is 5.77. The fraction of sp³-hybridized carbons (Fsp3) is 0.143. The topological polar surface area (TPSA) is 123 Å². The highest BCUT2D eigenvalue weighted by atomic mass is 35.5. The number of ether oxygens (including phenoxy) is 2. The van der Waals surface area contributed by atoms with Gasteiger partial charge in [0.25, 0.3) is 17.7 Å². The molecule has 0 bridgehead atoms. The highest BCUT2D eigenvalue weighted by molar-refractivity contribution is 6.42. The minimum Gasteiger partial charge on any atom is -0.490 e. The lowest BCUT2D eigenvalue weighted by atomic mass is 10.1. The van der Waals surface area contributed by atoms with Gasteiger partial charge in [-0.3, -0.25) is 25.0 Å². The van der Waals surface area contributed by atoms with Gasteiger partial charge in [-0.05, 0) is 48.9 Å². The van der Waals surface area contributed by atoms with Gasteiger partial charge in [-0.15, -0.1) is 0 Å². The van der Waals surface area contributed by atoms with Crippen molar-refractivity contribution in [2.75, 3.05) is 18.5 Å². The third-order valence-electron chi connectivity index (χ3n) is 4.08. The molecule has 0 saturated carbocycles. The van der Waals surface area contributed by atoms with Crippen molar-refractivity contribution in [1.29, 1.82) is 0 Å². The molecule has 3 N–H and O–H groups in total. The lowest BCUT2D eigenvalue weighted by Crippen LogP contribution is -2.51. The van der Waals surface area contributed by atoms with Crippen LogP contribution in [0.4, 0.5) is 10.5 Å². The molecule has 1 aliphatic heterocycles. The zero-order valence-electron chi connectivity index (χ0n) is 16.7. The lowest BCUT2D eigenvalue weighted by Gasteiger charge is -2.15. The number of amides is 5. The van der Waals surface area contributed by atoms with Crippen LogP contribution < -0.4 is 25.4 Å². The number of hydrogen-bond acceptors (Lipinski definition) is 6. The fourth-order valence-electron chi connectivity index (χ4n) is 2.69.